The standard InChI is InChI=1S/C26H27N3O4/c1-26(2,3)17-12-9-13-18(14-17)29-22(25(31)33-5)21(24(30)32-4)20(19(15-27)23(29)28)16-10-7-6-8-11-16/h6-14,20H,28H2,1-5H3. The third-order valence-electron chi connectivity index (χ3n) is 5.58. The average molecular weight is 446 g/mol. The number of rotatable bonds is 4. The lowest BCUT2D eigenvalue weighted by molar-refractivity contribution is -0.139. The number of hydrogen-bond donors (Lipinski definition) is 1. The molecule has 0 radical (unpaired) electrons. The van der Waals surface area contributed by atoms with E-state index in [4.69, 9.17) is 15.2 Å². The molecule has 2 aromatic rings. The van der Waals surface area contributed by atoms with Gasteiger partial charge in [-0.2, -0.15) is 5.26 Å². The molecule has 1 aliphatic rings. The van der Waals surface area contributed by atoms with Crippen molar-refractivity contribution < 1.29 is 19.1 Å². The zero-order chi connectivity index (χ0) is 24.3. The van der Waals surface area contributed by atoms with Gasteiger partial charge >= 0.3 is 11.9 Å². The molecule has 1 heterocycles. The van der Waals surface area contributed by atoms with Gasteiger partial charge in [0.2, 0.25) is 0 Å². The van der Waals surface area contributed by atoms with Crippen molar-refractivity contribution in [2.24, 2.45) is 5.73 Å². The molecule has 2 N–H and O–H groups in total. The van der Waals surface area contributed by atoms with E-state index in [0.29, 0.717) is 11.3 Å². The van der Waals surface area contributed by atoms with Crippen molar-refractivity contribution in [3.63, 3.8) is 0 Å². The maximum Gasteiger partial charge on any atom is 0.355 e. The van der Waals surface area contributed by atoms with Gasteiger partial charge < -0.3 is 15.2 Å². The molecule has 1 atom stereocenters. The fraction of sp³-hybridized carbons (Fsp3) is 0.269. The Balaban J connectivity index is 2.41. The summed E-state index contributed by atoms with van der Waals surface area (Å²) in [6.45, 7) is 6.18. The van der Waals surface area contributed by atoms with Gasteiger partial charge in [-0.25, -0.2) is 9.59 Å². The molecular weight excluding hydrogens is 418 g/mol. The van der Waals surface area contributed by atoms with Crippen molar-refractivity contribution in [2.75, 3.05) is 19.1 Å². The molecule has 7 heteroatoms. The van der Waals surface area contributed by atoms with Crippen LogP contribution in [0.15, 0.2) is 77.3 Å². The fourth-order valence-corrected chi connectivity index (χ4v) is 3.89. The Labute approximate surface area is 193 Å². The number of nitrogens with zero attached hydrogens (tertiary/aromatic N) is 2. The first-order valence-corrected chi connectivity index (χ1v) is 10.4. The van der Waals surface area contributed by atoms with Gasteiger partial charge in [-0.15, -0.1) is 0 Å². The van der Waals surface area contributed by atoms with Crippen LogP contribution in [0.2, 0.25) is 0 Å². The summed E-state index contributed by atoms with van der Waals surface area (Å²) in [7, 11) is 2.45. The van der Waals surface area contributed by atoms with Crippen LogP contribution in [0.5, 0.6) is 0 Å². The van der Waals surface area contributed by atoms with Crippen LogP contribution in [0.4, 0.5) is 5.69 Å². The van der Waals surface area contributed by atoms with E-state index < -0.39 is 17.9 Å². The Kier molecular flexibility index (Phi) is 6.59. The van der Waals surface area contributed by atoms with Crippen LogP contribution in [0, 0.1) is 11.3 Å². The number of allylic oxidation sites excluding steroid dienone is 1. The van der Waals surface area contributed by atoms with Crippen LogP contribution in [-0.2, 0) is 24.5 Å². The zero-order valence-corrected chi connectivity index (χ0v) is 19.4. The third-order valence-corrected chi connectivity index (χ3v) is 5.58. The summed E-state index contributed by atoms with van der Waals surface area (Å²) in [5.74, 6) is -2.36. The smallest absolute Gasteiger partial charge is 0.355 e. The Morgan fingerprint density at radius 3 is 2.18 bits per heavy atom. The lowest BCUT2D eigenvalue weighted by Crippen LogP contribution is -2.40. The van der Waals surface area contributed by atoms with E-state index in [0.717, 1.165) is 5.56 Å². The largest absolute Gasteiger partial charge is 0.466 e. The Hall–Kier alpha value is -4.05. The highest BCUT2D eigenvalue weighted by Crippen LogP contribution is 2.43. The highest BCUT2D eigenvalue weighted by Gasteiger charge is 2.43. The highest BCUT2D eigenvalue weighted by atomic mass is 16.5. The van der Waals surface area contributed by atoms with Crippen molar-refractivity contribution >= 4 is 17.6 Å². The number of methoxy groups -OCH3 is 2. The summed E-state index contributed by atoms with van der Waals surface area (Å²) in [6, 6.07) is 18.5. The lowest BCUT2D eigenvalue weighted by Gasteiger charge is -2.36. The van der Waals surface area contributed by atoms with Gasteiger partial charge in [-0.05, 0) is 28.7 Å². The van der Waals surface area contributed by atoms with Crippen LogP contribution < -0.4 is 10.6 Å². The second kappa shape index (κ2) is 9.21. The average Bonchev–Trinajstić information content (AvgIpc) is 2.82. The van der Waals surface area contributed by atoms with E-state index in [1.54, 1.807) is 30.3 Å². The van der Waals surface area contributed by atoms with Gasteiger partial charge in [-0.3, -0.25) is 4.90 Å². The van der Waals surface area contributed by atoms with Gasteiger partial charge in [0.1, 0.15) is 11.5 Å². The second-order valence-electron chi connectivity index (χ2n) is 8.64. The number of hydrogen-bond acceptors (Lipinski definition) is 7. The molecule has 0 saturated carbocycles. The number of ether oxygens (including phenoxy) is 2. The highest BCUT2D eigenvalue weighted by molar-refractivity contribution is 6.06. The fourth-order valence-electron chi connectivity index (χ4n) is 3.89. The molecule has 170 valence electrons. The van der Waals surface area contributed by atoms with Gasteiger partial charge in [-0.1, -0.05) is 63.2 Å². The normalized spacial score (nSPS) is 16.4. The van der Waals surface area contributed by atoms with Crippen molar-refractivity contribution in [2.45, 2.75) is 32.1 Å². The van der Waals surface area contributed by atoms with Crippen molar-refractivity contribution in [3.8, 4) is 6.07 Å². The van der Waals surface area contributed by atoms with Crippen molar-refractivity contribution in [3.05, 3.63) is 88.4 Å². The molecule has 0 aliphatic carbocycles. The molecule has 2 aromatic carbocycles. The van der Waals surface area contributed by atoms with Crippen LogP contribution in [0.25, 0.3) is 0 Å². The van der Waals surface area contributed by atoms with Gasteiger partial charge in [0.05, 0.1) is 37.4 Å². The predicted octanol–water partition coefficient (Wildman–Crippen LogP) is 3.88. The van der Waals surface area contributed by atoms with E-state index >= 15 is 0 Å². The number of anilines is 1. The molecule has 3 rings (SSSR count). The molecule has 0 amide bonds. The summed E-state index contributed by atoms with van der Waals surface area (Å²) in [6.07, 6.45) is 0. The summed E-state index contributed by atoms with van der Waals surface area (Å²) in [5, 5.41) is 10.1. The number of carbonyl (C=O) groups is 2. The quantitative estimate of drug-likeness (QED) is 0.712. The molecule has 1 aliphatic heterocycles. The SMILES string of the molecule is COC(=O)C1=C(C(=O)OC)N(c2cccc(C(C)(C)C)c2)C(N)=C(C#N)C1c1ccccc1. The third kappa shape index (κ3) is 4.33. The number of nitriles is 1. The molecule has 0 spiro atoms. The van der Waals surface area contributed by atoms with E-state index in [1.807, 2.05) is 24.3 Å². The molecule has 7 nitrogen and oxygen atoms in total. The molecule has 0 aromatic heterocycles. The van der Waals surface area contributed by atoms with E-state index in [2.05, 4.69) is 26.8 Å². The van der Waals surface area contributed by atoms with E-state index in [-0.39, 0.29) is 28.1 Å². The minimum Gasteiger partial charge on any atom is -0.466 e. The Morgan fingerprint density at radius 2 is 1.64 bits per heavy atom. The maximum absolute atomic E-state index is 13.1. The van der Waals surface area contributed by atoms with E-state index in [9.17, 15) is 14.9 Å². The number of esters is 2. The molecular formula is C26H27N3O4. The first-order chi connectivity index (χ1) is 15.6. The summed E-state index contributed by atoms with van der Waals surface area (Å²) >= 11 is 0. The monoisotopic (exact) mass is 445 g/mol. The molecule has 0 saturated heterocycles. The molecule has 33 heavy (non-hydrogen) atoms. The van der Waals surface area contributed by atoms with Crippen LogP contribution in [0.3, 0.4) is 0 Å². The van der Waals surface area contributed by atoms with Crippen LogP contribution in [0.1, 0.15) is 37.8 Å². The van der Waals surface area contributed by atoms with Crippen LogP contribution in [-0.4, -0.2) is 26.2 Å². The van der Waals surface area contributed by atoms with Gasteiger partial charge in [0.25, 0.3) is 0 Å². The molecule has 1 unspecified atom stereocenters. The van der Waals surface area contributed by atoms with E-state index in [1.165, 1.54) is 19.1 Å². The number of nitrogens with two attached hydrogens (primary N) is 1. The maximum atomic E-state index is 13.1. The van der Waals surface area contributed by atoms with Crippen molar-refractivity contribution in [1.29, 1.82) is 5.26 Å². The minimum atomic E-state index is -0.889. The zero-order valence-electron chi connectivity index (χ0n) is 19.4. The lowest BCUT2D eigenvalue weighted by atomic mass is 9.80. The first-order valence-electron chi connectivity index (χ1n) is 10.4. The number of benzene rings is 2. The van der Waals surface area contributed by atoms with Gasteiger partial charge in [0.15, 0.2) is 0 Å². The van der Waals surface area contributed by atoms with Gasteiger partial charge in [0, 0.05) is 5.69 Å². The topological polar surface area (TPSA) is 106 Å². The summed E-state index contributed by atoms with van der Waals surface area (Å²) < 4.78 is 10.1. The Morgan fingerprint density at radius 1 is 1.00 bits per heavy atom. The second-order valence-corrected chi connectivity index (χ2v) is 8.64. The predicted molar refractivity (Wildman–Crippen MR) is 125 cm³/mol. The van der Waals surface area contributed by atoms with Crippen molar-refractivity contribution in [1.82, 2.24) is 0 Å². The number of carbonyl (C=O) groups excluding carboxylic acids is 2. The summed E-state index contributed by atoms with van der Waals surface area (Å²) in [4.78, 5) is 27.6. The molecule has 0 bridgehead atoms. The summed E-state index contributed by atoms with van der Waals surface area (Å²) in [5.41, 5.74) is 8.53. The first kappa shape index (κ1) is 23.6. The molecule has 0 fully saturated rings. The minimum absolute atomic E-state index is 0.0116. The van der Waals surface area contributed by atoms with Crippen LogP contribution >= 0.6 is 0 Å². The Bertz CT molecular complexity index is 1180.